The number of hydrogen-bond donors (Lipinski definition) is 0. The van der Waals surface area contributed by atoms with Crippen molar-refractivity contribution in [3.8, 4) is 0 Å². The van der Waals surface area contributed by atoms with Crippen LogP contribution in [-0.4, -0.2) is 23.1 Å². The van der Waals surface area contributed by atoms with Crippen molar-refractivity contribution in [1.82, 2.24) is 0 Å². The summed E-state index contributed by atoms with van der Waals surface area (Å²) in [6, 6.07) is 12.9. The molecule has 29 heavy (non-hydrogen) atoms. The summed E-state index contributed by atoms with van der Waals surface area (Å²) in [5.41, 5.74) is 0.918. The summed E-state index contributed by atoms with van der Waals surface area (Å²) in [4.78, 5) is 48.8. The third kappa shape index (κ3) is 3.50. The highest BCUT2D eigenvalue weighted by atomic mass is 32.2. The van der Waals surface area contributed by atoms with E-state index < -0.39 is 11.6 Å². The maximum Gasteiger partial charge on any atom is 0.214 e. The van der Waals surface area contributed by atoms with E-state index in [0.717, 1.165) is 12.2 Å². The summed E-state index contributed by atoms with van der Waals surface area (Å²) in [5.74, 6) is -1.52. The molecule has 0 heterocycles. The van der Waals surface area contributed by atoms with Crippen LogP contribution in [0.25, 0.3) is 0 Å². The number of Topliss-reactive ketones (excluding diaryl/α,β-unsaturated/α-hetero) is 2. The lowest BCUT2D eigenvalue weighted by molar-refractivity contribution is 0.0983. The molecule has 0 unspecified atom stereocenters. The van der Waals surface area contributed by atoms with Crippen LogP contribution >= 0.6 is 12.1 Å². The van der Waals surface area contributed by atoms with Crippen LogP contribution in [0.2, 0.25) is 0 Å². The molecule has 2 aromatic carbocycles. The lowest BCUT2D eigenvalue weighted by Gasteiger charge is -2.10. The number of carbonyl (C=O) groups is 4. The highest BCUT2D eigenvalue weighted by Gasteiger charge is 2.26. The lowest BCUT2D eigenvalue weighted by atomic mass is 9.93. The molecular weight excluding hydrogens is 392 g/mol. The molecule has 2 aliphatic carbocycles. The fraction of sp³-hybridized carbons (Fsp3) is 0. The Labute approximate surface area is 168 Å². The second-order valence-electron chi connectivity index (χ2n) is 5.98. The van der Waals surface area contributed by atoms with Crippen LogP contribution in [0.1, 0.15) is 41.4 Å². The van der Waals surface area contributed by atoms with Gasteiger partial charge in [-0.2, -0.15) is 0 Å². The first-order valence-corrected chi connectivity index (χ1v) is 9.07. The summed E-state index contributed by atoms with van der Waals surface area (Å²) in [6.45, 7) is 0. The number of carbonyl (C=O) groups excluding carboxylic acids is 4. The molecule has 9 heteroatoms. The smallest absolute Gasteiger partial charge is 0.214 e. The van der Waals surface area contributed by atoms with Crippen molar-refractivity contribution < 1.29 is 19.2 Å². The average molecular weight is 402 g/mol. The van der Waals surface area contributed by atoms with Gasteiger partial charge in [-0.1, -0.05) is 57.6 Å². The van der Waals surface area contributed by atoms with Crippen LogP contribution in [-0.2, 0) is 0 Å². The Hall–Kier alpha value is -3.85. The van der Waals surface area contributed by atoms with Gasteiger partial charge in [0.25, 0.3) is 0 Å². The molecule has 0 saturated carbocycles. The van der Waals surface area contributed by atoms with E-state index in [1.165, 1.54) is 0 Å². The van der Waals surface area contributed by atoms with Crippen molar-refractivity contribution >= 4 is 35.3 Å². The first kappa shape index (κ1) is 18.5. The van der Waals surface area contributed by atoms with Crippen molar-refractivity contribution in [1.29, 1.82) is 0 Å². The fourth-order valence-electron chi connectivity index (χ4n) is 2.89. The van der Waals surface area contributed by atoms with E-state index >= 15 is 0 Å². The van der Waals surface area contributed by atoms with Gasteiger partial charge in [-0.15, -0.1) is 10.2 Å². The van der Waals surface area contributed by atoms with Gasteiger partial charge in [0.1, 0.15) is 11.4 Å². The molecule has 140 valence electrons. The van der Waals surface area contributed by atoms with Gasteiger partial charge in [0.15, 0.2) is 23.7 Å². The molecule has 0 spiro atoms. The van der Waals surface area contributed by atoms with Crippen molar-refractivity contribution in [2.75, 3.05) is 0 Å². The highest BCUT2D eigenvalue weighted by Crippen LogP contribution is 2.25. The number of allylic oxidation sites excluding steroid dienone is 4. The van der Waals surface area contributed by atoms with E-state index in [1.807, 2.05) is 0 Å². The topological polar surface area (TPSA) is 118 Å². The van der Waals surface area contributed by atoms with Crippen LogP contribution in [0.15, 0.2) is 91.3 Å². The van der Waals surface area contributed by atoms with Crippen molar-refractivity contribution in [2.24, 2.45) is 19.3 Å². The molecule has 4 rings (SSSR count). The number of rotatable bonds is 4. The minimum atomic E-state index is -0.422. The van der Waals surface area contributed by atoms with E-state index in [0.29, 0.717) is 23.3 Å². The standard InChI is InChI=1S/C20H10N4O4S/c25-17-9-15(19(27)13-7-3-1-5-11(13)17)21-23-29-24-22-16-10-18(26)12-6-2-4-8-14(12)20(16)28/h1-10H. The fourth-order valence-corrected chi connectivity index (χ4v) is 3.17. The van der Waals surface area contributed by atoms with Crippen LogP contribution in [0.4, 0.5) is 0 Å². The lowest BCUT2D eigenvalue weighted by Crippen LogP contribution is -2.15. The Morgan fingerprint density at radius 1 is 0.552 bits per heavy atom. The monoisotopic (exact) mass is 402 g/mol. The van der Waals surface area contributed by atoms with E-state index in [4.69, 9.17) is 0 Å². The molecular formula is C20H10N4O4S. The Bertz CT molecular complexity index is 1120. The molecule has 0 atom stereocenters. The zero-order chi connectivity index (χ0) is 20.4. The van der Waals surface area contributed by atoms with Gasteiger partial charge >= 0.3 is 0 Å². The number of fused-ring (bicyclic) bond motifs is 2. The summed E-state index contributed by atoms with van der Waals surface area (Å²) in [6.07, 6.45) is 2.21. The molecule has 0 fully saturated rings. The second kappa shape index (κ2) is 7.64. The van der Waals surface area contributed by atoms with Gasteiger partial charge in [0.05, 0.1) is 0 Å². The summed E-state index contributed by atoms with van der Waals surface area (Å²) in [5, 5.41) is 7.44. The first-order chi connectivity index (χ1) is 14.1. The van der Waals surface area contributed by atoms with Crippen LogP contribution in [0.3, 0.4) is 0 Å². The zero-order valence-electron chi connectivity index (χ0n) is 14.6. The Kier molecular flexibility index (Phi) is 4.88. The Balaban J connectivity index is 1.45. The zero-order valence-corrected chi connectivity index (χ0v) is 15.4. The molecule has 0 radical (unpaired) electrons. The van der Waals surface area contributed by atoms with E-state index in [2.05, 4.69) is 19.3 Å². The van der Waals surface area contributed by atoms with Gasteiger partial charge in [0, 0.05) is 34.4 Å². The van der Waals surface area contributed by atoms with Crippen LogP contribution in [0, 0.1) is 0 Å². The normalized spacial score (nSPS) is 16.1. The Morgan fingerprint density at radius 3 is 1.34 bits per heavy atom. The van der Waals surface area contributed by atoms with Crippen molar-refractivity contribution in [3.63, 3.8) is 0 Å². The van der Waals surface area contributed by atoms with E-state index in [1.54, 1.807) is 48.5 Å². The minimum Gasteiger partial charge on any atom is -0.289 e. The van der Waals surface area contributed by atoms with Crippen molar-refractivity contribution in [3.05, 3.63) is 94.3 Å². The first-order valence-electron chi connectivity index (χ1n) is 8.34. The van der Waals surface area contributed by atoms with Crippen LogP contribution < -0.4 is 0 Å². The van der Waals surface area contributed by atoms with Gasteiger partial charge in [-0.25, -0.2) is 0 Å². The van der Waals surface area contributed by atoms with Gasteiger partial charge < -0.3 is 0 Å². The average Bonchev–Trinajstić information content (AvgIpc) is 2.74. The molecule has 8 nitrogen and oxygen atoms in total. The minimum absolute atomic E-state index is 0.117. The molecule has 0 amide bonds. The molecule has 0 aromatic heterocycles. The number of ketones is 4. The molecule has 0 N–H and O–H groups in total. The van der Waals surface area contributed by atoms with E-state index in [-0.39, 0.29) is 34.1 Å². The highest BCUT2D eigenvalue weighted by molar-refractivity contribution is 7.96. The summed E-state index contributed by atoms with van der Waals surface area (Å²) < 4.78 is 7.28. The Morgan fingerprint density at radius 2 is 0.931 bits per heavy atom. The summed E-state index contributed by atoms with van der Waals surface area (Å²) >= 11 is 0.518. The number of benzene rings is 2. The maximum absolute atomic E-state index is 12.3. The predicted molar refractivity (Wildman–Crippen MR) is 104 cm³/mol. The number of hydrogen-bond acceptors (Lipinski definition) is 9. The predicted octanol–water partition coefficient (Wildman–Crippen LogP) is 4.38. The van der Waals surface area contributed by atoms with Crippen molar-refractivity contribution in [2.45, 2.75) is 0 Å². The molecule has 0 bridgehead atoms. The molecule has 2 aliphatic rings. The van der Waals surface area contributed by atoms with Gasteiger partial charge in [-0.05, 0) is 0 Å². The largest absolute Gasteiger partial charge is 0.289 e. The van der Waals surface area contributed by atoms with Crippen LogP contribution in [0.5, 0.6) is 0 Å². The maximum atomic E-state index is 12.3. The third-order valence-corrected chi connectivity index (χ3v) is 4.55. The quantitative estimate of drug-likeness (QED) is 0.555. The molecule has 0 aliphatic heterocycles. The molecule has 0 saturated heterocycles. The van der Waals surface area contributed by atoms with Gasteiger partial charge in [0.2, 0.25) is 11.6 Å². The molecule has 2 aromatic rings. The van der Waals surface area contributed by atoms with E-state index in [9.17, 15) is 19.2 Å². The third-order valence-electron chi connectivity index (χ3n) is 4.25. The second-order valence-corrected chi connectivity index (χ2v) is 6.47. The van der Waals surface area contributed by atoms with Gasteiger partial charge in [-0.3, -0.25) is 19.2 Å². The SMILES string of the molecule is O=C1C=C(N=NSN=NC2=CC(=O)c3ccccc3C2=O)C(=O)c2ccccc21. The number of nitrogens with zero attached hydrogens (tertiary/aromatic N) is 4. The summed E-state index contributed by atoms with van der Waals surface area (Å²) in [7, 11) is 0.